The first-order chi connectivity index (χ1) is 13.6. The number of methoxy groups -OCH3 is 1. The molecule has 2 aromatic rings. The molecule has 0 spiro atoms. The van der Waals surface area contributed by atoms with Crippen molar-refractivity contribution in [3.05, 3.63) is 54.6 Å². The summed E-state index contributed by atoms with van der Waals surface area (Å²) in [4.78, 5) is 23.3. The zero-order valence-corrected chi connectivity index (χ0v) is 16.4. The minimum absolute atomic E-state index is 0.00638. The monoisotopic (exact) mass is 401 g/mol. The third-order valence-corrected chi connectivity index (χ3v) is 3.77. The van der Waals surface area contributed by atoms with Crippen LogP contribution in [0.25, 0.3) is 0 Å². The molecule has 2 aromatic carbocycles. The van der Waals surface area contributed by atoms with Crippen LogP contribution in [-0.4, -0.2) is 37.3 Å². The molecule has 0 fully saturated rings. The van der Waals surface area contributed by atoms with Crippen molar-refractivity contribution in [2.75, 3.05) is 31.0 Å². The van der Waals surface area contributed by atoms with Crippen LogP contribution in [0.4, 0.5) is 17.1 Å². The molecule has 0 bridgehead atoms. The van der Waals surface area contributed by atoms with Crippen molar-refractivity contribution < 1.29 is 19.1 Å². The molecule has 0 aliphatic heterocycles. The fourth-order valence-corrected chi connectivity index (χ4v) is 2.43. The fraction of sp³-hybridized carbons (Fsp3) is 0.250. The molecule has 3 N–H and O–H groups in total. The van der Waals surface area contributed by atoms with Gasteiger partial charge in [0.1, 0.15) is 6.61 Å². The first-order valence-corrected chi connectivity index (χ1v) is 9.15. The Morgan fingerprint density at radius 3 is 2.21 bits per heavy atom. The maximum absolute atomic E-state index is 11.9. The van der Waals surface area contributed by atoms with Crippen LogP contribution in [-0.2, 0) is 19.1 Å². The van der Waals surface area contributed by atoms with Gasteiger partial charge < -0.3 is 25.4 Å². The number of carbonyl (C=O) groups is 2. The fourth-order valence-electron chi connectivity index (χ4n) is 2.20. The highest BCUT2D eigenvalue weighted by atomic mass is 32.1. The topological polar surface area (TPSA) is 88.7 Å². The van der Waals surface area contributed by atoms with Crippen LogP contribution in [0.2, 0.25) is 0 Å². The second-order valence-corrected chi connectivity index (χ2v) is 6.19. The number of hydrogen-bond donors (Lipinski definition) is 3. The summed E-state index contributed by atoms with van der Waals surface area (Å²) in [7, 11) is 1.52. The van der Waals surface area contributed by atoms with Gasteiger partial charge in [-0.2, -0.15) is 0 Å². The molecule has 0 atom stereocenters. The molecule has 2 rings (SSSR count). The first-order valence-electron chi connectivity index (χ1n) is 8.74. The van der Waals surface area contributed by atoms with E-state index in [-0.39, 0.29) is 30.5 Å². The molecule has 0 saturated carbocycles. The van der Waals surface area contributed by atoms with Crippen molar-refractivity contribution in [3.8, 4) is 0 Å². The summed E-state index contributed by atoms with van der Waals surface area (Å²) in [6.07, 6.45) is -0.0222. The van der Waals surface area contributed by atoms with Crippen molar-refractivity contribution in [2.45, 2.75) is 12.8 Å². The molecule has 7 nitrogen and oxygen atoms in total. The Morgan fingerprint density at radius 1 is 0.893 bits per heavy atom. The van der Waals surface area contributed by atoms with Crippen molar-refractivity contribution in [3.63, 3.8) is 0 Å². The van der Waals surface area contributed by atoms with Gasteiger partial charge in [0.25, 0.3) is 0 Å². The second kappa shape index (κ2) is 11.7. The molecule has 0 aliphatic rings. The number of rotatable bonds is 9. The number of nitrogens with one attached hydrogen (secondary N) is 3. The van der Waals surface area contributed by atoms with Gasteiger partial charge in [-0.05, 0) is 48.6 Å². The molecule has 0 unspecified atom stereocenters. The number of thiocarbonyl (C=S) groups is 1. The summed E-state index contributed by atoms with van der Waals surface area (Å²) >= 11 is 5.12. The zero-order chi connectivity index (χ0) is 20.2. The molecule has 8 heteroatoms. The standard InChI is InChI=1S/C20H23N3O4S/c1-26-13-14-27-19(25)12-11-18(24)23-20(28)22-17-9-7-16(8-10-17)21-15-5-3-2-4-6-15/h2-10,21H,11-14H2,1H3,(H2,22,23,24,28). The summed E-state index contributed by atoms with van der Waals surface area (Å²) < 4.78 is 9.67. The molecular weight excluding hydrogens is 378 g/mol. The maximum Gasteiger partial charge on any atom is 0.306 e. The van der Waals surface area contributed by atoms with Crippen molar-refractivity contribution in [2.24, 2.45) is 0 Å². The van der Waals surface area contributed by atoms with Gasteiger partial charge in [-0.25, -0.2) is 0 Å². The summed E-state index contributed by atoms with van der Waals surface area (Å²) in [5, 5.41) is 8.92. The van der Waals surface area contributed by atoms with E-state index in [1.54, 1.807) is 0 Å². The van der Waals surface area contributed by atoms with Crippen LogP contribution in [0.1, 0.15) is 12.8 Å². The third-order valence-electron chi connectivity index (χ3n) is 3.56. The van der Waals surface area contributed by atoms with E-state index in [2.05, 4.69) is 16.0 Å². The van der Waals surface area contributed by atoms with Gasteiger partial charge in [-0.3, -0.25) is 9.59 Å². The van der Waals surface area contributed by atoms with E-state index >= 15 is 0 Å². The van der Waals surface area contributed by atoms with Gasteiger partial charge in [0, 0.05) is 30.6 Å². The van der Waals surface area contributed by atoms with E-state index in [0.717, 1.165) is 17.1 Å². The number of hydrogen-bond acceptors (Lipinski definition) is 6. The number of anilines is 3. The predicted molar refractivity (Wildman–Crippen MR) is 113 cm³/mol. The van der Waals surface area contributed by atoms with E-state index in [1.165, 1.54) is 7.11 Å². The Labute approximate surface area is 169 Å². The Bertz CT molecular complexity index is 782. The van der Waals surface area contributed by atoms with Gasteiger partial charge in [0.2, 0.25) is 5.91 Å². The van der Waals surface area contributed by atoms with Crippen LogP contribution < -0.4 is 16.0 Å². The number of para-hydroxylation sites is 1. The van der Waals surface area contributed by atoms with Gasteiger partial charge >= 0.3 is 5.97 Å². The van der Waals surface area contributed by atoms with Crippen molar-refractivity contribution in [1.82, 2.24) is 5.32 Å². The van der Waals surface area contributed by atoms with Crippen LogP contribution in [0.5, 0.6) is 0 Å². The minimum Gasteiger partial charge on any atom is -0.463 e. The molecular formula is C20H23N3O4S. The molecule has 0 heterocycles. The molecule has 0 aliphatic carbocycles. The summed E-state index contributed by atoms with van der Waals surface area (Å²) in [5.41, 5.74) is 2.66. The average Bonchev–Trinajstić information content (AvgIpc) is 2.69. The largest absolute Gasteiger partial charge is 0.463 e. The Hall–Kier alpha value is -2.97. The van der Waals surface area contributed by atoms with Gasteiger partial charge in [0.05, 0.1) is 13.0 Å². The van der Waals surface area contributed by atoms with E-state index in [0.29, 0.717) is 6.61 Å². The molecule has 0 radical (unpaired) electrons. The predicted octanol–water partition coefficient (Wildman–Crippen LogP) is 3.21. The normalized spacial score (nSPS) is 10.0. The lowest BCUT2D eigenvalue weighted by atomic mass is 10.2. The maximum atomic E-state index is 11.9. The Morgan fingerprint density at radius 2 is 1.54 bits per heavy atom. The number of benzene rings is 2. The van der Waals surface area contributed by atoms with Crippen LogP contribution in [0, 0.1) is 0 Å². The molecule has 0 saturated heterocycles. The first kappa shape index (κ1) is 21.3. The average molecular weight is 401 g/mol. The van der Waals surface area contributed by atoms with E-state index < -0.39 is 5.97 Å². The number of amides is 1. The van der Waals surface area contributed by atoms with Gasteiger partial charge in [-0.15, -0.1) is 0 Å². The molecule has 148 valence electrons. The lowest BCUT2D eigenvalue weighted by Crippen LogP contribution is -2.34. The van der Waals surface area contributed by atoms with E-state index in [9.17, 15) is 9.59 Å². The van der Waals surface area contributed by atoms with Crippen molar-refractivity contribution in [1.29, 1.82) is 0 Å². The Balaban J connectivity index is 1.72. The molecule has 0 aromatic heterocycles. The lowest BCUT2D eigenvalue weighted by Gasteiger charge is -2.11. The minimum atomic E-state index is -0.451. The van der Waals surface area contributed by atoms with Crippen LogP contribution in [0.15, 0.2) is 54.6 Å². The van der Waals surface area contributed by atoms with Gasteiger partial charge in [-0.1, -0.05) is 18.2 Å². The highest BCUT2D eigenvalue weighted by Crippen LogP contribution is 2.18. The lowest BCUT2D eigenvalue weighted by molar-refractivity contribution is -0.146. The van der Waals surface area contributed by atoms with Crippen molar-refractivity contribution >= 4 is 46.3 Å². The highest BCUT2D eigenvalue weighted by Gasteiger charge is 2.09. The SMILES string of the molecule is COCCOC(=O)CCC(=O)NC(=S)Nc1ccc(Nc2ccccc2)cc1. The summed E-state index contributed by atoms with van der Waals surface area (Å²) in [6.45, 7) is 0.498. The van der Waals surface area contributed by atoms with Crippen LogP contribution in [0.3, 0.4) is 0 Å². The number of ether oxygens (including phenoxy) is 2. The van der Waals surface area contributed by atoms with Crippen LogP contribution >= 0.6 is 12.2 Å². The smallest absolute Gasteiger partial charge is 0.306 e. The highest BCUT2D eigenvalue weighted by molar-refractivity contribution is 7.80. The summed E-state index contributed by atoms with van der Waals surface area (Å²) in [6, 6.07) is 17.3. The van der Waals surface area contributed by atoms with Gasteiger partial charge in [0.15, 0.2) is 5.11 Å². The summed E-state index contributed by atoms with van der Waals surface area (Å²) in [5.74, 6) is -0.809. The Kier molecular flexibility index (Phi) is 8.90. The molecule has 28 heavy (non-hydrogen) atoms. The quantitative estimate of drug-likeness (QED) is 0.338. The molecule has 1 amide bonds. The number of esters is 1. The number of carbonyl (C=O) groups excluding carboxylic acids is 2. The third kappa shape index (κ3) is 8.15. The zero-order valence-electron chi connectivity index (χ0n) is 15.6. The van der Waals surface area contributed by atoms with E-state index in [4.69, 9.17) is 21.7 Å². The van der Waals surface area contributed by atoms with E-state index in [1.807, 2.05) is 54.6 Å². The second-order valence-electron chi connectivity index (χ2n) is 5.78.